The van der Waals surface area contributed by atoms with Crippen LogP contribution in [-0.4, -0.2) is 16.6 Å². The van der Waals surface area contributed by atoms with Gasteiger partial charge in [-0.2, -0.15) is 0 Å². The quantitative estimate of drug-likeness (QED) is 0.500. The van der Waals surface area contributed by atoms with Gasteiger partial charge in [-0.1, -0.05) is 43.0 Å². The summed E-state index contributed by atoms with van der Waals surface area (Å²) in [5.74, 6) is 2.61. The minimum absolute atomic E-state index is 0.373. The van der Waals surface area contributed by atoms with E-state index in [-0.39, 0.29) is 0 Å². The number of benzene rings is 1. The number of halogens is 2. The van der Waals surface area contributed by atoms with E-state index < -0.39 is 0 Å². The van der Waals surface area contributed by atoms with Crippen LogP contribution in [-0.2, 0) is 0 Å². The Balaban J connectivity index is 1.78. The van der Waals surface area contributed by atoms with E-state index in [0.717, 1.165) is 35.6 Å². The second-order valence-corrected chi connectivity index (χ2v) is 7.72. The molecule has 1 fully saturated rings. The summed E-state index contributed by atoms with van der Waals surface area (Å²) in [6, 6.07) is 7.69. The molecule has 140 valence electrons. The van der Waals surface area contributed by atoms with E-state index in [0.29, 0.717) is 28.7 Å². The zero-order valence-electron chi connectivity index (χ0n) is 15.5. The van der Waals surface area contributed by atoms with Crippen LogP contribution in [0.15, 0.2) is 24.3 Å². The summed E-state index contributed by atoms with van der Waals surface area (Å²) in [7, 11) is 0. The summed E-state index contributed by atoms with van der Waals surface area (Å²) in [6.45, 7) is 4.86. The maximum atomic E-state index is 6.54. The molecule has 1 heterocycles. The summed E-state index contributed by atoms with van der Waals surface area (Å²) in [4.78, 5) is 9.08. The lowest BCUT2D eigenvalue weighted by Gasteiger charge is -2.29. The van der Waals surface area contributed by atoms with Crippen molar-refractivity contribution in [1.82, 2.24) is 9.97 Å². The molecule has 0 amide bonds. The zero-order chi connectivity index (χ0) is 18.5. The van der Waals surface area contributed by atoms with Crippen molar-refractivity contribution in [3.8, 4) is 17.1 Å². The van der Waals surface area contributed by atoms with Crippen molar-refractivity contribution in [1.29, 1.82) is 0 Å². The minimum atomic E-state index is 0.373. The maximum Gasteiger partial charge on any atom is 0.162 e. The first-order valence-corrected chi connectivity index (χ1v) is 10.3. The summed E-state index contributed by atoms with van der Waals surface area (Å²) in [5.41, 5.74) is 1.81. The number of hydrogen-bond donors (Lipinski definition) is 0. The topological polar surface area (TPSA) is 35.0 Å². The predicted molar refractivity (Wildman–Crippen MR) is 108 cm³/mol. The molecule has 2 aromatic rings. The van der Waals surface area contributed by atoms with Crippen LogP contribution in [0.3, 0.4) is 0 Å². The van der Waals surface area contributed by atoms with Crippen LogP contribution in [0.2, 0.25) is 10.3 Å². The van der Waals surface area contributed by atoms with Crippen LogP contribution < -0.4 is 4.74 Å². The van der Waals surface area contributed by atoms with Crippen molar-refractivity contribution in [3.05, 3.63) is 40.1 Å². The molecular weight excluding hydrogens is 367 g/mol. The summed E-state index contributed by atoms with van der Waals surface area (Å²) in [5, 5.41) is 0.987. The molecule has 5 heteroatoms. The Morgan fingerprint density at radius 2 is 1.58 bits per heavy atom. The van der Waals surface area contributed by atoms with Crippen molar-refractivity contribution in [3.63, 3.8) is 0 Å². The average Bonchev–Trinajstić information content (AvgIpc) is 2.64. The molecule has 0 atom stereocenters. The predicted octanol–water partition coefficient (Wildman–Crippen LogP) is 6.92. The second-order valence-electron chi connectivity index (χ2n) is 7.01. The molecule has 3 nitrogen and oxygen atoms in total. The summed E-state index contributed by atoms with van der Waals surface area (Å²) >= 11 is 13.1. The molecular formula is C21H26Cl2N2O. The van der Waals surface area contributed by atoms with Gasteiger partial charge in [0.2, 0.25) is 0 Å². The summed E-state index contributed by atoms with van der Waals surface area (Å²) in [6.07, 6.45) is 7.31. The number of ether oxygens (including phenoxy) is 1. The van der Waals surface area contributed by atoms with Gasteiger partial charge in [-0.05, 0) is 68.7 Å². The highest BCUT2D eigenvalue weighted by molar-refractivity contribution is 6.34. The van der Waals surface area contributed by atoms with Gasteiger partial charge in [0.15, 0.2) is 5.82 Å². The first-order valence-electron chi connectivity index (χ1n) is 9.58. The van der Waals surface area contributed by atoms with Gasteiger partial charge in [-0.3, -0.25) is 0 Å². The zero-order valence-corrected chi connectivity index (χ0v) is 17.0. The van der Waals surface area contributed by atoms with Crippen molar-refractivity contribution >= 4 is 23.2 Å². The van der Waals surface area contributed by atoms with E-state index in [1.165, 1.54) is 25.7 Å². The smallest absolute Gasteiger partial charge is 0.162 e. The number of nitrogens with zero attached hydrogens (tertiary/aromatic N) is 2. The Kier molecular flexibility index (Phi) is 6.77. The van der Waals surface area contributed by atoms with Crippen molar-refractivity contribution in [2.24, 2.45) is 5.92 Å². The lowest BCUT2D eigenvalue weighted by atomic mass is 9.78. The number of hydrogen-bond acceptors (Lipinski definition) is 3. The minimum Gasteiger partial charge on any atom is -0.494 e. The molecule has 0 saturated heterocycles. The van der Waals surface area contributed by atoms with E-state index in [1.807, 2.05) is 31.2 Å². The van der Waals surface area contributed by atoms with Crippen molar-refractivity contribution < 1.29 is 4.74 Å². The highest BCUT2D eigenvalue weighted by Gasteiger charge is 2.27. The Bertz CT molecular complexity index is 702. The SMILES string of the molecule is CCCC1CCC(c2c(Cl)nc(-c3ccc(OCC)cc3)nc2Cl)CC1. The third kappa shape index (κ3) is 4.50. The number of aromatic nitrogens is 2. The molecule has 1 aromatic carbocycles. The Labute approximate surface area is 166 Å². The van der Waals surface area contributed by atoms with Crippen LogP contribution in [0.4, 0.5) is 0 Å². The van der Waals surface area contributed by atoms with Crippen molar-refractivity contribution in [2.45, 2.75) is 58.3 Å². The Hall–Kier alpha value is -1.32. The van der Waals surface area contributed by atoms with Crippen LogP contribution in [0.5, 0.6) is 5.75 Å². The Morgan fingerprint density at radius 3 is 2.12 bits per heavy atom. The largest absolute Gasteiger partial charge is 0.494 e. The molecule has 0 radical (unpaired) electrons. The first kappa shape index (κ1) is 19.4. The van der Waals surface area contributed by atoms with Gasteiger partial charge in [0, 0.05) is 11.1 Å². The first-order chi connectivity index (χ1) is 12.6. The normalized spacial score (nSPS) is 20.2. The fourth-order valence-corrected chi connectivity index (χ4v) is 4.59. The lowest BCUT2D eigenvalue weighted by molar-refractivity contribution is 0.308. The van der Waals surface area contributed by atoms with Crippen LogP contribution in [0, 0.1) is 5.92 Å². The molecule has 0 unspecified atom stereocenters. The standard InChI is InChI=1S/C21H26Cl2N2O/c1-3-5-14-6-8-15(9-7-14)18-19(22)24-21(25-20(18)23)16-10-12-17(13-11-16)26-4-2/h10-15H,3-9H2,1-2H3. The van der Waals surface area contributed by atoms with Gasteiger partial charge < -0.3 is 4.74 Å². The van der Waals surface area contributed by atoms with E-state index in [1.54, 1.807) is 0 Å². The molecule has 1 aromatic heterocycles. The molecule has 0 N–H and O–H groups in total. The van der Waals surface area contributed by atoms with Gasteiger partial charge in [-0.25, -0.2) is 9.97 Å². The fraction of sp³-hybridized carbons (Fsp3) is 0.524. The van der Waals surface area contributed by atoms with Crippen LogP contribution in [0.25, 0.3) is 11.4 Å². The molecule has 1 saturated carbocycles. The van der Waals surface area contributed by atoms with Crippen molar-refractivity contribution in [2.75, 3.05) is 6.61 Å². The van der Waals surface area contributed by atoms with Gasteiger partial charge in [-0.15, -0.1) is 0 Å². The van der Waals surface area contributed by atoms with Gasteiger partial charge in [0.1, 0.15) is 16.1 Å². The molecule has 0 bridgehead atoms. The molecule has 1 aliphatic rings. The maximum absolute atomic E-state index is 6.54. The van der Waals surface area contributed by atoms with E-state index in [9.17, 15) is 0 Å². The van der Waals surface area contributed by atoms with Crippen LogP contribution >= 0.6 is 23.2 Å². The van der Waals surface area contributed by atoms with Gasteiger partial charge in [0.25, 0.3) is 0 Å². The number of rotatable bonds is 6. The second kappa shape index (κ2) is 9.05. The summed E-state index contributed by atoms with van der Waals surface area (Å²) < 4.78 is 5.48. The van der Waals surface area contributed by atoms with E-state index in [4.69, 9.17) is 27.9 Å². The van der Waals surface area contributed by atoms with E-state index >= 15 is 0 Å². The molecule has 0 spiro atoms. The van der Waals surface area contributed by atoms with Gasteiger partial charge in [0.05, 0.1) is 6.61 Å². The molecule has 26 heavy (non-hydrogen) atoms. The molecule has 1 aliphatic carbocycles. The average molecular weight is 393 g/mol. The molecule has 0 aliphatic heterocycles. The highest BCUT2D eigenvalue weighted by atomic mass is 35.5. The molecule has 3 rings (SSSR count). The third-order valence-corrected chi connectivity index (χ3v) is 5.80. The van der Waals surface area contributed by atoms with E-state index in [2.05, 4.69) is 16.9 Å². The monoisotopic (exact) mass is 392 g/mol. The van der Waals surface area contributed by atoms with Crippen LogP contribution in [0.1, 0.15) is 63.9 Å². The fourth-order valence-electron chi connectivity index (χ4n) is 3.90. The third-order valence-electron chi connectivity index (χ3n) is 5.23. The highest BCUT2D eigenvalue weighted by Crippen LogP contribution is 2.42. The van der Waals surface area contributed by atoms with Gasteiger partial charge >= 0.3 is 0 Å². The Morgan fingerprint density at radius 1 is 0.962 bits per heavy atom. The lowest BCUT2D eigenvalue weighted by Crippen LogP contribution is -2.15.